The van der Waals surface area contributed by atoms with Gasteiger partial charge < -0.3 is 10.0 Å². The van der Waals surface area contributed by atoms with Crippen molar-refractivity contribution in [2.45, 2.75) is 32.7 Å². The molecule has 0 rings (SSSR count). The number of hydrogen-bond donors (Lipinski definition) is 1. The van der Waals surface area contributed by atoms with Gasteiger partial charge in [-0.3, -0.25) is 9.69 Å². The van der Waals surface area contributed by atoms with E-state index in [9.17, 15) is 4.79 Å². The van der Waals surface area contributed by atoms with Gasteiger partial charge in [-0.1, -0.05) is 13.3 Å². The Morgan fingerprint density at radius 3 is 2.33 bits per heavy atom. The predicted octanol–water partition coefficient (Wildman–Crippen LogP) is 1.12. The Bertz CT molecular complexity index is 183. The van der Waals surface area contributed by atoms with Gasteiger partial charge in [0.1, 0.15) is 0 Å². The fourth-order valence-corrected chi connectivity index (χ4v) is 1.56. The van der Waals surface area contributed by atoms with Crippen LogP contribution in [0.5, 0.6) is 0 Å². The molecule has 0 fully saturated rings. The van der Waals surface area contributed by atoms with E-state index in [2.05, 4.69) is 18.7 Å². The summed E-state index contributed by atoms with van der Waals surface area (Å²) in [5, 5.41) is 8.81. The maximum absolute atomic E-state index is 10.7. The van der Waals surface area contributed by atoms with Crippen LogP contribution in [-0.2, 0) is 4.79 Å². The summed E-state index contributed by atoms with van der Waals surface area (Å²) in [6.45, 7) is 6.10. The second-order valence-electron chi connectivity index (χ2n) is 4.31. The van der Waals surface area contributed by atoms with E-state index in [1.807, 2.05) is 19.0 Å². The Labute approximate surface area is 92.9 Å². The molecule has 0 amide bonds. The molecule has 0 saturated carbocycles. The highest BCUT2D eigenvalue weighted by Crippen LogP contribution is 2.05. The van der Waals surface area contributed by atoms with Gasteiger partial charge in [-0.25, -0.2) is 0 Å². The first-order valence-electron chi connectivity index (χ1n) is 5.58. The topological polar surface area (TPSA) is 43.8 Å². The minimum atomic E-state index is -0.739. The lowest BCUT2D eigenvalue weighted by Crippen LogP contribution is -2.41. The Morgan fingerprint density at radius 2 is 1.93 bits per heavy atom. The fourth-order valence-electron chi connectivity index (χ4n) is 1.56. The molecule has 0 spiro atoms. The van der Waals surface area contributed by atoms with Gasteiger partial charge in [0, 0.05) is 19.1 Å². The SMILES string of the molecule is CCCC(C)N(CCN(C)C)CC(=O)O. The van der Waals surface area contributed by atoms with Crippen LogP contribution in [0.2, 0.25) is 0 Å². The summed E-state index contributed by atoms with van der Waals surface area (Å²) in [6.07, 6.45) is 2.15. The molecule has 1 atom stereocenters. The van der Waals surface area contributed by atoms with Crippen molar-refractivity contribution >= 4 is 5.97 Å². The van der Waals surface area contributed by atoms with Crippen LogP contribution in [0.1, 0.15) is 26.7 Å². The van der Waals surface area contributed by atoms with E-state index in [1.165, 1.54) is 0 Å². The van der Waals surface area contributed by atoms with Crippen molar-refractivity contribution in [1.29, 1.82) is 0 Å². The second kappa shape index (κ2) is 7.65. The van der Waals surface area contributed by atoms with Gasteiger partial charge in [0.25, 0.3) is 0 Å². The summed E-state index contributed by atoms with van der Waals surface area (Å²) in [6, 6.07) is 0.353. The van der Waals surface area contributed by atoms with Gasteiger partial charge >= 0.3 is 5.97 Å². The number of hydrogen-bond acceptors (Lipinski definition) is 3. The molecule has 0 bridgehead atoms. The average molecular weight is 216 g/mol. The van der Waals surface area contributed by atoms with Crippen molar-refractivity contribution < 1.29 is 9.90 Å². The highest BCUT2D eigenvalue weighted by atomic mass is 16.4. The third kappa shape index (κ3) is 7.33. The third-order valence-electron chi connectivity index (χ3n) is 2.50. The smallest absolute Gasteiger partial charge is 0.317 e. The van der Waals surface area contributed by atoms with E-state index in [1.54, 1.807) is 0 Å². The van der Waals surface area contributed by atoms with Crippen LogP contribution in [-0.4, -0.2) is 60.6 Å². The molecule has 0 saturated heterocycles. The van der Waals surface area contributed by atoms with Gasteiger partial charge in [-0.05, 0) is 27.4 Å². The number of carbonyl (C=O) groups is 1. The van der Waals surface area contributed by atoms with Gasteiger partial charge in [-0.2, -0.15) is 0 Å². The summed E-state index contributed by atoms with van der Waals surface area (Å²) in [5.41, 5.74) is 0. The Kier molecular flexibility index (Phi) is 7.34. The van der Waals surface area contributed by atoms with Crippen molar-refractivity contribution in [3.05, 3.63) is 0 Å². The molecule has 0 aliphatic rings. The normalized spacial score (nSPS) is 13.5. The summed E-state index contributed by atoms with van der Waals surface area (Å²) < 4.78 is 0. The van der Waals surface area contributed by atoms with E-state index in [-0.39, 0.29) is 6.54 Å². The number of nitrogens with zero attached hydrogens (tertiary/aromatic N) is 2. The fraction of sp³-hybridized carbons (Fsp3) is 0.909. The molecular weight excluding hydrogens is 192 g/mol. The number of carboxylic acids is 1. The highest BCUT2D eigenvalue weighted by molar-refractivity contribution is 5.69. The van der Waals surface area contributed by atoms with Gasteiger partial charge in [0.2, 0.25) is 0 Å². The zero-order valence-electron chi connectivity index (χ0n) is 10.4. The van der Waals surface area contributed by atoms with Crippen LogP contribution in [0, 0.1) is 0 Å². The molecule has 1 unspecified atom stereocenters. The zero-order chi connectivity index (χ0) is 11.8. The maximum atomic E-state index is 10.7. The Hall–Kier alpha value is -0.610. The average Bonchev–Trinajstić information content (AvgIpc) is 2.11. The molecule has 1 N–H and O–H groups in total. The van der Waals surface area contributed by atoms with Crippen molar-refractivity contribution in [2.24, 2.45) is 0 Å². The molecule has 0 heterocycles. The summed E-state index contributed by atoms with van der Waals surface area (Å²) in [5.74, 6) is -0.739. The lowest BCUT2D eigenvalue weighted by molar-refractivity contribution is -0.138. The third-order valence-corrected chi connectivity index (χ3v) is 2.50. The van der Waals surface area contributed by atoms with E-state index in [4.69, 9.17) is 5.11 Å². The first kappa shape index (κ1) is 14.4. The molecule has 4 heteroatoms. The Morgan fingerprint density at radius 1 is 1.33 bits per heavy atom. The monoisotopic (exact) mass is 216 g/mol. The minimum Gasteiger partial charge on any atom is -0.480 e. The summed E-state index contributed by atoms with van der Waals surface area (Å²) in [7, 11) is 4.01. The van der Waals surface area contributed by atoms with Crippen LogP contribution in [0.4, 0.5) is 0 Å². The molecule has 0 aliphatic heterocycles. The number of rotatable bonds is 8. The van der Waals surface area contributed by atoms with Crippen molar-refractivity contribution in [3.8, 4) is 0 Å². The zero-order valence-corrected chi connectivity index (χ0v) is 10.4. The largest absolute Gasteiger partial charge is 0.480 e. The summed E-state index contributed by atoms with van der Waals surface area (Å²) in [4.78, 5) is 14.8. The summed E-state index contributed by atoms with van der Waals surface area (Å²) >= 11 is 0. The second-order valence-corrected chi connectivity index (χ2v) is 4.31. The van der Waals surface area contributed by atoms with Crippen LogP contribution < -0.4 is 0 Å². The van der Waals surface area contributed by atoms with E-state index in [0.717, 1.165) is 25.9 Å². The number of aliphatic carboxylic acids is 1. The van der Waals surface area contributed by atoms with Crippen LogP contribution in [0.25, 0.3) is 0 Å². The van der Waals surface area contributed by atoms with Gasteiger partial charge in [0.05, 0.1) is 6.54 Å². The van der Waals surface area contributed by atoms with Crippen molar-refractivity contribution in [2.75, 3.05) is 33.7 Å². The standard InChI is InChI=1S/C11H24N2O2/c1-5-6-10(2)13(9-11(14)15)8-7-12(3)4/h10H,5-9H2,1-4H3,(H,14,15). The molecule has 0 aromatic rings. The molecule has 0 aromatic carbocycles. The maximum Gasteiger partial charge on any atom is 0.317 e. The minimum absolute atomic E-state index is 0.148. The van der Waals surface area contributed by atoms with Gasteiger partial charge in [0.15, 0.2) is 0 Å². The van der Waals surface area contributed by atoms with Crippen molar-refractivity contribution in [3.63, 3.8) is 0 Å². The van der Waals surface area contributed by atoms with E-state index < -0.39 is 5.97 Å². The lowest BCUT2D eigenvalue weighted by atomic mass is 10.1. The van der Waals surface area contributed by atoms with Crippen LogP contribution in [0.3, 0.4) is 0 Å². The van der Waals surface area contributed by atoms with Crippen LogP contribution in [0.15, 0.2) is 0 Å². The lowest BCUT2D eigenvalue weighted by Gasteiger charge is -2.28. The highest BCUT2D eigenvalue weighted by Gasteiger charge is 2.15. The van der Waals surface area contributed by atoms with Crippen molar-refractivity contribution in [1.82, 2.24) is 9.80 Å². The quantitative estimate of drug-likeness (QED) is 0.660. The first-order chi connectivity index (χ1) is 6.97. The first-order valence-corrected chi connectivity index (χ1v) is 5.58. The molecule has 0 aromatic heterocycles. The van der Waals surface area contributed by atoms with Gasteiger partial charge in [-0.15, -0.1) is 0 Å². The van der Waals surface area contributed by atoms with E-state index in [0.29, 0.717) is 6.04 Å². The predicted molar refractivity (Wildman–Crippen MR) is 62.1 cm³/mol. The molecule has 15 heavy (non-hydrogen) atoms. The van der Waals surface area contributed by atoms with Crippen LogP contribution >= 0.6 is 0 Å². The molecule has 4 nitrogen and oxygen atoms in total. The van der Waals surface area contributed by atoms with E-state index >= 15 is 0 Å². The Balaban J connectivity index is 4.10. The molecule has 0 radical (unpaired) electrons. The number of likely N-dealkylation sites (N-methyl/N-ethyl adjacent to an activating group) is 1. The molecule has 90 valence electrons. The number of carboxylic acid groups (broad SMARTS) is 1. The molecule has 0 aliphatic carbocycles. The molecular formula is C11H24N2O2.